The van der Waals surface area contributed by atoms with Gasteiger partial charge in [-0.2, -0.15) is 20.1 Å². The van der Waals surface area contributed by atoms with E-state index < -0.39 is 0 Å². The zero-order chi connectivity index (χ0) is 13.8. The minimum Gasteiger partial charge on any atom is -0.381 e. The third kappa shape index (κ3) is 3.07. The maximum Gasteiger partial charge on any atom is 0.256 e. The molecule has 2 aromatic heterocycles. The Balaban J connectivity index is 1.84. The molecule has 0 saturated carbocycles. The molecule has 0 spiro atoms. The number of anilines is 1. The van der Waals surface area contributed by atoms with Crippen molar-refractivity contribution in [2.75, 3.05) is 25.6 Å². The van der Waals surface area contributed by atoms with Crippen molar-refractivity contribution >= 4 is 17.7 Å². The van der Waals surface area contributed by atoms with Crippen LogP contribution < -0.4 is 5.32 Å². The molecule has 1 aliphatic rings. The minimum absolute atomic E-state index is 0.501. The molecule has 3 rings (SSSR count). The van der Waals surface area contributed by atoms with Crippen molar-refractivity contribution in [2.24, 2.45) is 0 Å². The maximum absolute atomic E-state index is 5.37. The SMILES string of the molecule is CNc1nc(SC2CCOCC2)nc(-n2cccn2)n1. The largest absolute Gasteiger partial charge is 0.381 e. The van der Waals surface area contributed by atoms with Crippen molar-refractivity contribution in [3.63, 3.8) is 0 Å². The van der Waals surface area contributed by atoms with E-state index in [0.717, 1.165) is 31.2 Å². The highest BCUT2D eigenvalue weighted by Crippen LogP contribution is 2.27. The second-order valence-electron chi connectivity index (χ2n) is 4.37. The number of nitrogens with zero attached hydrogens (tertiary/aromatic N) is 5. The lowest BCUT2D eigenvalue weighted by atomic mass is 10.2. The van der Waals surface area contributed by atoms with Crippen LogP contribution in [0.3, 0.4) is 0 Å². The molecule has 0 unspecified atom stereocenters. The summed E-state index contributed by atoms with van der Waals surface area (Å²) in [7, 11) is 1.80. The third-order valence-corrected chi connectivity index (χ3v) is 4.17. The number of ether oxygens (including phenoxy) is 1. The van der Waals surface area contributed by atoms with Crippen LogP contribution in [-0.2, 0) is 4.74 Å². The molecule has 0 aromatic carbocycles. The Labute approximate surface area is 121 Å². The number of nitrogens with one attached hydrogen (secondary N) is 1. The monoisotopic (exact) mass is 292 g/mol. The number of rotatable bonds is 4. The second-order valence-corrected chi connectivity index (χ2v) is 5.64. The van der Waals surface area contributed by atoms with Gasteiger partial charge in [0.25, 0.3) is 5.95 Å². The third-order valence-electron chi connectivity index (χ3n) is 2.98. The summed E-state index contributed by atoms with van der Waals surface area (Å²) in [5.74, 6) is 1.09. The molecule has 1 saturated heterocycles. The highest BCUT2D eigenvalue weighted by molar-refractivity contribution is 7.99. The van der Waals surface area contributed by atoms with Gasteiger partial charge >= 0.3 is 0 Å². The second kappa shape index (κ2) is 6.19. The molecule has 0 atom stereocenters. The molecule has 1 aliphatic heterocycles. The molecule has 2 aromatic rings. The lowest BCUT2D eigenvalue weighted by Crippen LogP contribution is -2.18. The van der Waals surface area contributed by atoms with Gasteiger partial charge in [-0.15, -0.1) is 0 Å². The van der Waals surface area contributed by atoms with Crippen molar-refractivity contribution in [1.82, 2.24) is 24.7 Å². The fraction of sp³-hybridized carbons (Fsp3) is 0.500. The van der Waals surface area contributed by atoms with E-state index in [2.05, 4.69) is 25.4 Å². The van der Waals surface area contributed by atoms with Crippen LogP contribution in [0.25, 0.3) is 5.95 Å². The number of hydrogen-bond acceptors (Lipinski definition) is 7. The average Bonchev–Trinajstić information content (AvgIpc) is 3.02. The summed E-state index contributed by atoms with van der Waals surface area (Å²) in [5, 5.41) is 8.35. The van der Waals surface area contributed by atoms with Gasteiger partial charge in [0.05, 0.1) is 0 Å². The molecule has 106 valence electrons. The molecule has 0 bridgehead atoms. The molecule has 8 heteroatoms. The fourth-order valence-corrected chi connectivity index (χ4v) is 2.94. The molecule has 0 amide bonds. The number of aromatic nitrogens is 5. The fourth-order valence-electron chi connectivity index (χ4n) is 1.94. The van der Waals surface area contributed by atoms with Gasteiger partial charge in [-0.25, -0.2) is 4.68 Å². The van der Waals surface area contributed by atoms with Crippen molar-refractivity contribution in [1.29, 1.82) is 0 Å². The van der Waals surface area contributed by atoms with Crippen molar-refractivity contribution < 1.29 is 4.74 Å². The van der Waals surface area contributed by atoms with Crippen molar-refractivity contribution in [3.05, 3.63) is 18.5 Å². The smallest absolute Gasteiger partial charge is 0.256 e. The molecular weight excluding hydrogens is 276 g/mol. The molecule has 7 nitrogen and oxygen atoms in total. The van der Waals surface area contributed by atoms with Gasteiger partial charge in [0, 0.05) is 37.9 Å². The average molecular weight is 292 g/mol. The Bertz CT molecular complexity index is 555. The van der Waals surface area contributed by atoms with Crippen LogP contribution >= 0.6 is 11.8 Å². The van der Waals surface area contributed by atoms with E-state index in [1.807, 2.05) is 12.3 Å². The van der Waals surface area contributed by atoms with Gasteiger partial charge in [-0.3, -0.25) is 0 Å². The van der Waals surface area contributed by atoms with Gasteiger partial charge in [0.15, 0.2) is 5.16 Å². The Hall–Kier alpha value is -1.67. The summed E-state index contributed by atoms with van der Waals surface area (Å²) in [6.07, 6.45) is 5.58. The molecule has 0 radical (unpaired) electrons. The summed E-state index contributed by atoms with van der Waals surface area (Å²) in [5.41, 5.74) is 0. The summed E-state index contributed by atoms with van der Waals surface area (Å²) in [6.45, 7) is 1.63. The highest BCUT2D eigenvalue weighted by atomic mass is 32.2. The lowest BCUT2D eigenvalue weighted by Gasteiger charge is -2.20. The van der Waals surface area contributed by atoms with E-state index in [9.17, 15) is 0 Å². The standard InChI is InChI=1S/C12H16N6OS/c1-13-10-15-11(18-6-2-5-14-18)17-12(16-10)20-9-3-7-19-8-4-9/h2,5-6,9H,3-4,7-8H2,1H3,(H,13,15,16,17). The molecule has 20 heavy (non-hydrogen) atoms. The van der Waals surface area contributed by atoms with Gasteiger partial charge in [-0.05, 0) is 18.9 Å². The number of hydrogen-bond donors (Lipinski definition) is 1. The van der Waals surface area contributed by atoms with E-state index in [-0.39, 0.29) is 0 Å². The Morgan fingerprint density at radius 2 is 2.15 bits per heavy atom. The summed E-state index contributed by atoms with van der Waals surface area (Å²) in [4.78, 5) is 13.2. The van der Waals surface area contributed by atoms with Crippen LogP contribution in [-0.4, -0.2) is 50.2 Å². The Morgan fingerprint density at radius 1 is 1.30 bits per heavy atom. The first-order valence-electron chi connectivity index (χ1n) is 6.53. The first kappa shape index (κ1) is 13.3. The lowest BCUT2D eigenvalue weighted by molar-refractivity contribution is 0.1000. The molecule has 1 N–H and O–H groups in total. The van der Waals surface area contributed by atoms with E-state index in [0.29, 0.717) is 17.1 Å². The van der Waals surface area contributed by atoms with E-state index >= 15 is 0 Å². The predicted octanol–water partition coefficient (Wildman–Crippen LogP) is 1.37. The van der Waals surface area contributed by atoms with Crippen LogP contribution in [0.1, 0.15) is 12.8 Å². The summed E-state index contributed by atoms with van der Waals surface area (Å²) < 4.78 is 7.01. The normalized spacial score (nSPS) is 16.2. The van der Waals surface area contributed by atoms with E-state index in [4.69, 9.17) is 4.74 Å². The zero-order valence-electron chi connectivity index (χ0n) is 11.2. The Morgan fingerprint density at radius 3 is 2.85 bits per heavy atom. The van der Waals surface area contributed by atoms with E-state index in [1.54, 1.807) is 29.7 Å². The summed E-state index contributed by atoms with van der Waals surface area (Å²) in [6, 6.07) is 1.84. The first-order chi connectivity index (χ1) is 9.85. The Kier molecular flexibility index (Phi) is 4.12. The molecule has 0 aliphatic carbocycles. The van der Waals surface area contributed by atoms with Gasteiger partial charge in [0.2, 0.25) is 5.95 Å². The maximum atomic E-state index is 5.37. The topological polar surface area (TPSA) is 77.8 Å². The van der Waals surface area contributed by atoms with Crippen molar-refractivity contribution in [3.8, 4) is 5.95 Å². The zero-order valence-corrected chi connectivity index (χ0v) is 12.0. The van der Waals surface area contributed by atoms with Crippen LogP contribution in [0.2, 0.25) is 0 Å². The number of thioether (sulfide) groups is 1. The van der Waals surface area contributed by atoms with Crippen LogP contribution in [0, 0.1) is 0 Å². The highest BCUT2D eigenvalue weighted by Gasteiger charge is 2.18. The molecule has 1 fully saturated rings. The van der Waals surface area contributed by atoms with Gasteiger partial charge in [-0.1, -0.05) is 11.8 Å². The quantitative estimate of drug-likeness (QED) is 0.911. The molecular formula is C12H16N6OS. The van der Waals surface area contributed by atoms with Crippen molar-refractivity contribution in [2.45, 2.75) is 23.2 Å². The van der Waals surface area contributed by atoms with Crippen LogP contribution in [0.5, 0.6) is 0 Å². The predicted molar refractivity (Wildman–Crippen MR) is 76.2 cm³/mol. The van der Waals surface area contributed by atoms with Gasteiger partial charge < -0.3 is 10.1 Å². The first-order valence-corrected chi connectivity index (χ1v) is 7.41. The van der Waals surface area contributed by atoms with Gasteiger partial charge in [0.1, 0.15) is 0 Å². The van der Waals surface area contributed by atoms with E-state index in [1.165, 1.54) is 0 Å². The van der Waals surface area contributed by atoms with Crippen LogP contribution in [0.4, 0.5) is 5.95 Å². The minimum atomic E-state index is 0.501. The molecule has 3 heterocycles. The van der Waals surface area contributed by atoms with Crippen LogP contribution in [0.15, 0.2) is 23.6 Å². The summed E-state index contributed by atoms with van der Waals surface area (Å²) >= 11 is 1.68.